The molecule has 1 atom stereocenters. The van der Waals surface area contributed by atoms with E-state index >= 15 is 0 Å². The maximum absolute atomic E-state index is 14.2. The van der Waals surface area contributed by atoms with Gasteiger partial charge in [-0.1, -0.05) is 33.6 Å². The highest BCUT2D eigenvalue weighted by atomic mass is 79.9. The van der Waals surface area contributed by atoms with Crippen molar-refractivity contribution in [2.24, 2.45) is 0 Å². The Morgan fingerprint density at radius 2 is 1.81 bits per heavy atom. The molecule has 2 rings (SSSR count). The molecule has 2 nitrogen and oxygen atoms in total. The van der Waals surface area contributed by atoms with Gasteiger partial charge in [-0.15, -0.1) is 0 Å². The van der Waals surface area contributed by atoms with Crippen molar-refractivity contribution >= 4 is 43.5 Å². The Hall–Kier alpha value is -0.780. The van der Waals surface area contributed by atoms with Gasteiger partial charge in [-0.3, -0.25) is 0 Å². The smallest absolute Gasteiger partial charge is 0.129 e. The first-order valence-corrected chi connectivity index (χ1v) is 8.07. The van der Waals surface area contributed by atoms with Crippen LogP contribution in [0.1, 0.15) is 16.0 Å². The van der Waals surface area contributed by atoms with Gasteiger partial charge in [-0.05, 0) is 34.1 Å². The quantitative estimate of drug-likeness (QED) is 0.448. The summed E-state index contributed by atoms with van der Waals surface area (Å²) >= 11 is 12.8. The Bertz CT molecular complexity index is 664. The molecule has 0 heterocycles. The van der Waals surface area contributed by atoms with Crippen LogP contribution in [0.15, 0.2) is 34.8 Å². The molecule has 0 saturated heterocycles. The lowest BCUT2D eigenvalue weighted by Gasteiger charge is -2.17. The molecule has 6 heteroatoms. The summed E-state index contributed by atoms with van der Waals surface area (Å²) in [6.45, 7) is 0. The molecule has 21 heavy (non-hydrogen) atoms. The van der Waals surface area contributed by atoms with Gasteiger partial charge in [0.05, 0.1) is 24.1 Å². The molecule has 0 fully saturated rings. The normalized spacial score (nSPS) is 12.1. The maximum Gasteiger partial charge on any atom is 0.129 e. The van der Waals surface area contributed by atoms with Crippen molar-refractivity contribution in [2.45, 2.75) is 4.83 Å². The van der Waals surface area contributed by atoms with Gasteiger partial charge in [0.2, 0.25) is 0 Å². The molecule has 112 valence electrons. The molecule has 0 N–H and O–H groups in total. The van der Waals surface area contributed by atoms with Crippen molar-refractivity contribution in [3.05, 3.63) is 56.8 Å². The van der Waals surface area contributed by atoms with Crippen molar-refractivity contribution in [1.82, 2.24) is 0 Å². The fourth-order valence-electron chi connectivity index (χ4n) is 1.93. The zero-order valence-corrected chi connectivity index (χ0v) is 15.2. The fraction of sp³-hybridized carbons (Fsp3) is 0.200. The van der Waals surface area contributed by atoms with Crippen LogP contribution >= 0.6 is 43.5 Å². The first-order valence-electron chi connectivity index (χ1n) is 5.98. The van der Waals surface area contributed by atoms with Crippen LogP contribution in [-0.4, -0.2) is 14.2 Å². The fourth-order valence-corrected chi connectivity index (χ4v) is 3.14. The first-order chi connectivity index (χ1) is 9.97. The van der Waals surface area contributed by atoms with E-state index in [0.717, 1.165) is 5.56 Å². The Balaban J connectivity index is 2.49. The SMILES string of the molecule is COc1ccc(C(Br)c2cc(Cl)c(Br)cc2F)c(OC)c1. The lowest BCUT2D eigenvalue weighted by molar-refractivity contribution is 0.391. The van der Waals surface area contributed by atoms with E-state index < -0.39 is 0 Å². The van der Waals surface area contributed by atoms with Crippen molar-refractivity contribution in [3.63, 3.8) is 0 Å². The molecular weight excluding hydrogens is 426 g/mol. The number of methoxy groups -OCH3 is 2. The molecule has 2 aromatic rings. The van der Waals surface area contributed by atoms with E-state index in [2.05, 4.69) is 31.9 Å². The summed E-state index contributed by atoms with van der Waals surface area (Å²) in [6, 6.07) is 8.31. The molecule has 0 spiro atoms. The van der Waals surface area contributed by atoms with E-state index in [0.29, 0.717) is 26.6 Å². The summed E-state index contributed by atoms with van der Waals surface area (Å²) in [5.74, 6) is 0.922. The zero-order valence-electron chi connectivity index (χ0n) is 11.3. The van der Waals surface area contributed by atoms with Crippen LogP contribution < -0.4 is 9.47 Å². The van der Waals surface area contributed by atoms with E-state index in [9.17, 15) is 4.39 Å². The summed E-state index contributed by atoms with van der Waals surface area (Å²) in [4.78, 5) is -0.385. The van der Waals surface area contributed by atoms with Crippen molar-refractivity contribution in [2.75, 3.05) is 14.2 Å². The molecule has 0 radical (unpaired) electrons. The van der Waals surface area contributed by atoms with Crippen LogP contribution in [0, 0.1) is 5.82 Å². The highest BCUT2D eigenvalue weighted by Gasteiger charge is 2.20. The minimum Gasteiger partial charge on any atom is -0.497 e. The Morgan fingerprint density at radius 1 is 1.10 bits per heavy atom. The minimum absolute atomic E-state index is 0.356. The summed E-state index contributed by atoms with van der Waals surface area (Å²) in [5, 5.41) is 0.448. The monoisotopic (exact) mass is 436 g/mol. The van der Waals surface area contributed by atoms with Gasteiger partial charge >= 0.3 is 0 Å². The van der Waals surface area contributed by atoms with Crippen LogP contribution in [0.25, 0.3) is 0 Å². The van der Waals surface area contributed by atoms with Crippen LogP contribution in [0.4, 0.5) is 4.39 Å². The minimum atomic E-state index is -0.385. The van der Waals surface area contributed by atoms with Gasteiger partial charge in [0, 0.05) is 21.7 Å². The topological polar surface area (TPSA) is 18.5 Å². The largest absolute Gasteiger partial charge is 0.497 e. The van der Waals surface area contributed by atoms with Gasteiger partial charge in [0.1, 0.15) is 17.3 Å². The molecule has 0 aliphatic heterocycles. The Morgan fingerprint density at radius 3 is 2.43 bits per heavy atom. The van der Waals surface area contributed by atoms with E-state index in [1.807, 2.05) is 6.07 Å². The van der Waals surface area contributed by atoms with E-state index in [1.54, 1.807) is 32.4 Å². The zero-order chi connectivity index (χ0) is 15.6. The number of rotatable bonds is 4. The van der Waals surface area contributed by atoms with Crippen molar-refractivity contribution in [1.29, 1.82) is 0 Å². The van der Waals surface area contributed by atoms with Crippen LogP contribution in [0.2, 0.25) is 5.02 Å². The Kier molecular flexibility index (Phi) is 5.52. The lowest BCUT2D eigenvalue weighted by Crippen LogP contribution is -2.00. The predicted octanol–water partition coefficient (Wildman–Crippen LogP) is 5.74. The molecule has 0 aliphatic carbocycles. The second-order valence-electron chi connectivity index (χ2n) is 4.26. The maximum atomic E-state index is 14.2. The molecule has 0 aromatic heterocycles. The molecule has 2 aromatic carbocycles. The third-order valence-corrected chi connectivity index (χ3v) is 5.21. The highest BCUT2D eigenvalue weighted by Crippen LogP contribution is 2.41. The summed E-state index contributed by atoms with van der Waals surface area (Å²) in [5.41, 5.74) is 1.22. The molecule has 0 bridgehead atoms. The van der Waals surface area contributed by atoms with E-state index in [-0.39, 0.29) is 10.6 Å². The van der Waals surface area contributed by atoms with Crippen LogP contribution in [0.5, 0.6) is 11.5 Å². The first kappa shape index (κ1) is 16.6. The standard InChI is InChI=1S/C15H12Br2ClFO2/c1-20-8-3-4-9(14(5-8)21-2)15(17)10-6-12(18)11(16)7-13(10)19/h3-7,15H,1-2H3. The molecule has 0 saturated carbocycles. The highest BCUT2D eigenvalue weighted by molar-refractivity contribution is 9.10. The summed E-state index contributed by atoms with van der Waals surface area (Å²) < 4.78 is 25.2. The number of ether oxygens (including phenoxy) is 2. The lowest BCUT2D eigenvalue weighted by atomic mass is 10.0. The van der Waals surface area contributed by atoms with Crippen molar-refractivity contribution in [3.8, 4) is 11.5 Å². The molecule has 0 aliphatic rings. The second-order valence-corrected chi connectivity index (χ2v) is 6.44. The molecule has 1 unspecified atom stereocenters. The van der Waals surface area contributed by atoms with Gasteiger partial charge < -0.3 is 9.47 Å². The van der Waals surface area contributed by atoms with Crippen LogP contribution in [-0.2, 0) is 0 Å². The predicted molar refractivity (Wildman–Crippen MR) is 89.4 cm³/mol. The average molecular weight is 439 g/mol. The van der Waals surface area contributed by atoms with E-state index in [1.165, 1.54) is 6.07 Å². The van der Waals surface area contributed by atoms with Crippen LogP contribution in [0.3, 0.4) is 0 Å². The van der Waals surface area contributed by atoms with Gasteiger partial charge in [-0.2, -0.15) is 0 Å². The number of halogens is 4. The third kappa shape index (κ3) is 3.52. The molecular formula is C15H12Br2ClFO2. The number of benzene rings is 2. The van der Waals surface area contributed by atoms with Gasteiger partial charge in [0.15, 0.2) is 0 Å². The second kappa shape index (κ2) is 6.99. The summed E-state index contributed by atoms with van der Waals surface area (Å²) in [6.07, 6.45) is 0. The summed E-state index contributed by atoms with van der Waals surface area (Å²) in [7, 11) is 3.14. The van der Waals surface area contributed by atoms with Gasteiger partial charge in [0.25, 0.3) is 0 Å². The third-order valence-electron chi connectivity index (χ3n) is 3.03. The van der Waals surface area contributed by atoms with E-state index in [4.69, 9.17) is 21.1 Å². The number of hydrogen-bond donors (Lipinski definition) is 0. The average Bonchev–Trinajstić information content (AvgIpc) is 2.49. The van der Waals surface area contributed by atoms with Crippen molar-refractivity contribution < 1.29 is 13.9 Å². The Labute approximate surface area is 144 Å². The number of alkyl halides is 1. The number of hydrogen-bond acceptors (Lipinski definition) is 2. The van der Waals surface area contributed by atoms with Gasteiger partial charge in [-0.25, -0.2) is 4.39 Å². The molecule has 0 amide bonds.